The number of rotatable bonds is 2. The molecule has 0 saturated heterocycles. The summed E-state index contributed by atoms with van der Waals surface area (Å²) in [5.41, 5.74) is 1.09. The highest BCUT2D eigenvalue weighted by Crippen LogP contribution is 2.38. The summed E-state index contributed by atoms with van der Waals surface area (Å²) in [6, 6.07) is 4.11. The summed E-state index contributed by atoms with van der Waals surface area (Å²) in [5.74, 6) is 0.871. The van der Waals surface area contributed by atoms with Gasteiger partial charge in [0.2, 0.25) is 0 Å². The van der Waals surface area contributed by atoms with Crippen LogP contribution in [0, 0.1) is 0 Å². The molecule has 0 fully saturated rings. The van der Waals surface area contributed by atoms with E-state index in [-0.39, 0.29) is 4.75 Å². The third-order valence-corrected chi connectivity index (χ3v) is 3.25. The summed E-state index contributed by atoms with van der Waals surface area (Å²) in [6.07, 6.45) is 3.71. The highest BCUT2D eigenvalue weighted by atomic mass is 32.2. The van der Waals surface area contributed by atoms with Gasteiger partial charge in [0.05, 0.1) is 23.7 Å². The highest BCUT2D eigenvalue weighted by molar-refractivity contribution is 8.00. The Bertz CT molecular complexity index is 499. The van der Waals surface area contributed by atoms with Crippen LogP contribution in [0.3, 0.4) is 0 Å². The zero-order valence-corrected chi connectivity index (χ0v) is 10.8. The Morgan fingerprint density at radius 1 is 1.38 bits per heavy atom. The standard InChI is InChI=1S/C12H16N2OS/c1-12(2,3)16-11-7-9-5-6-13-14(9)8-10(11)15-4/h5-8H,1-4H3. The third-order valence-electron chi connectivity index (χ3n) is 2.10. The molecule has 2 aromatic rings. The van der Waals surface area contributed by atoms with Gasteiger partial charge in [-0.25, -0.2) is 4.52 Å². The molecule has 0 aliphatic carbocycles. The van der Waals surface area contributed by atoms with E-state index >= 15 is 0 Å². The van der Waals surface area contributed by atoms with Crippen LogP contribution in [-0.2, 0) is 0 Å². The first-order valence-corrected chi connectivity index (χ1v) is 6.02. The SMILES string of the molecule is COc1cn2nccc2cc1SC(C)(C)C. The maximum absolute atomic E-state index is 5.39. The fourth-order valence-electron chi connectivity index (χ4n) is 1.49. The van der Waals surface area contributed by atoms with Gasteiger partial charge in [0.1, 0.15) is 0 Å². The van der Waals surface area contributed by atoms with E-state index < -0.39 is 0 Å². The van der Waals surface area contributed by atoms with E-state index in [0.29, 0.717) is 0 Å². The molecule has 2 rings (SSSR count). The van der Waals surface area contributed by atoms with Gasteiger partial charge in [-0.05, 0) is 12.1 Å². The molecule has 0 aliphatic heterocycles. The van der Waals surface area contributed by atoms with Gasteiger partial charge in [0, 0.05) is 10.9 Å². The molecule has 0 bridgehead atoms. The van der Waals surface area contributed by atoms with Crippen LogP contribution in [0.15, 0.2) is 29.4 Å². The molecule has 0 aliphatic rings. The van der Waals surface area contributed by atoms with Gasteiger partial charge in [0.25, 0.3) is 0 Å². The minimum atomic E-state index is 0.172. The van der Waals surface area contributed by atoms with E-state index in [1.54, 1.807) is 25.1 Å². The predicted octanol–water partition coefficient (Wildman–Crippen LogP) is 3.23. The molecule has 2 heterocycles. The fraction of sp³-hybridized carbons (Fsp3) is 0.417. The van der Waals surface area contributed by atoms with Gasteiger partial charge in [-0.15, -0.1) is 11.8 Å². The molecule has 0 aromatic carbocycles. The first-order valence-electron chi connectivity index (χ1n) is 5.20. The predicted molar refractivity (Wildman–Crippen MR) is 67.4 cm³/mol. The molecular weight excluding hydrogens is 220 g/mol. The third kappa shape index (κ3) is 2.32. The molecule has 16 heavy (non-hydrogen) atoms. The topological polar surface area (TPSA) is 26.5 Å². The second-order valence-electron chi connectivity index (χ2n) is 4.62. The fourth-order valence-corrected chi connectivity index (χ4v) is 2.57. The van der Waals surface area contributed by atoms with Gasteiger partial charge in [-0.1, -0.05) is 20.8 Å². The van der Waals surface area contributed by atoms with Crippen molar-refractivity contribution in [1.82, 2.24) is 9.61 Å². The van der Waals surface area contributed by atoms with Gasteiger partial charge < -0.3 is 4.74 Å². The van der Waals surface area contributed by atoms with E-state index in [0.717, 1.165) is 16.2 Å². The number of methoxy groups -OCH3 is 1. The highest BCUT2D eigenvalue weighted by Gasteiger charge is 2.16. The lowest BCUT2D eigenvalue weighted by molar-refractivity contribution is 0.401. The monoisotopic (exact) mass is 236 g/mol. The van der Waals surface area contributed by atoms with Crippen LogP contribution >= 0.6 is 11.8 Å². The maximum atomic E-state index is 5.39. The summed E-state index contributed by atoms with van der Waals surface area (Å²) in [6.45, 7) is 6.58. The molecule has 0 atom stereocenters. The lowest BCUT2D eigenvalue weighted by Gasteiger charge is -2.19. The molecular formula is C12H16N2OS. The Morgan fingerprint density at radius 3 is 2.75 bits per heavy atom. The van der Waals surface area contributed by atoms with E-state index in [2.05, 4.69) is 31.9 Å². The van der Waals surface area contributed by atoms with Crippen LogP contribution in [0.4, 0.5) is 0 Å². The smallest absolute Gasteiger partial charge is 0.150 e. The first kappa shape index (κ1) is 11.3. The van der Waals surface area contributed by atoms with Crippen molar-refractivity contribution in [3.8, 4) is 5.75 Å². The van der Waals surface area contributed by atoms with E-state index in [9.17, 15) is 0 Å². The Hall–Kier alpha value is -1.16. The van der Waals surface area contributed by atoms with Crippen molar-refractivity contribution in [3.63, 3.8) is 0 Å². The summed E-state index contributed by atoms with van der Waals surface area (Å²) < 4.78 is 7.38. The van der Waals surface area contributed by atoms with Crippen molar-refractivity contribution >= 4 is 17.3 Å². The Balaban J connectivity index is 2.48. The van der Waals surface area contributed by atoms with Crippen molar-refractivity contribution in [2.24, 2.45) is 0 Å². The Kier molecular flexibility index (Phi) is 2.84. The van der Waals surface area contributed by atoms with Crippen molar-refractivity contribution in [2.75, 3.05) is 7.11 Å². The second kappa shape index (κ2) is 4.01. The maximum Gasteiger partial charge on any atom is 0.150 e. The quantitative estimate of drug-likeness (QED) is 0.749. The summed E-state index contributed by atoms with van der Waals surface area (Å²) in [5, 5.41) is 4.19. The Labute approximate surface area is 99.8 Å². The molecule has 0 radical (unpaired) electrons. The van der Waals surface area contributed by atoms with Crippen LogP contribution in [-0.4, -0.2) is 21.5 Å². The molecule has 86 valence electrons. The van der Waals surface area contributed by atoms with Crippen LogP contribution in [0.25, 0.3) is 5.52 Å². The molecule has 0 N–H and O–H groups in total. The average molecular weight is 236 g/mol. The zero-order valence-electron chi connectivity index (χ0n) is 10.0. The number of hydrogen-bond acceptors (Lipinski definition) is 3. The summed E-state index contributed by atoms with van der Waals surface area (Å²) >= 11 is 1.80. The number of fused-ring (bicyclic) bond motifs is 1. The molecule has 2 aromatic heterocycles. The lowest BCUT2D eigenvalue weighted by atomic mass is 10.3. The summed E-state index contributed by atoms with van der Waals surface area (Å²) in [7, 11) is 1.69. The average Bonchev–Trinajstić information content (AvgIpc) is 2.60. The van der Waals surface area contributed by atoms with Crippen LogP contribution in [0.1, 0.15) is 20.8 Å². The number of nitrogens with zero attached hydrogens (tertiary/aromatic N) is 2. The van der Waals surface area contributed by atoms with Crippen LogP contribution < -0.4 is 4.74 Å². The first-order chi connectivity index (χ1) is 7.49. The van der Waals surface area contributed by atoms with Crippen LogP contribution in [0.2, 0.25) is 0 Å². The van der Waals surface area contributed by atoms with Gasteiger partial charge in [-0.3, -0.25) is 0 Å². The minimum absolute atomic E-state index is 0.172. The van der Waals surface area contributed by atoms with Crippen molar-refractivity contribution in [3.05, 3.63) is 24.5 Å². The molecule has 3 nitrogen and oxygen atoms in total. The number of pyridine rings is 1. The molecule has 4 heteroatoms. The lowest BCUT2D eigenvalue weighted by Crippen LogP contribution is -2.07. The van der Waals surface area contributed by atoms with Crippen molar-refractivity contribution in [2.45, 2.75) is 30.4 Å². The molecule has 0 saturated carbocycles. The number of ether oxygens (including phenoxy) is 1. The molecule has 0 spiro atoms. The van der Waals surface area contributed by atoms with Gasteiger partial charge in [-0.2, -0.15) is 5.10 Å². The number of thioether (sulfide) groups is 1. The number of hydrogen-bond donors (Lipinski definition) is 0. The van der Waals surface area contributed by atoms with Crippen LogP contribution in [0.5, 0.6) is 5.75 Å². The minimum Gasteiger partial charge on any atom is -0.494 e. The van der Waals surface area contributed by atoms with E-state index in [4.69, 9.17) is 4.74 Å². The summed E-state index contributed by atoms with van der Waals surface area (Å²) in [4.78, 5) is 1.16. The van der Waals surface area contributed by atoms with E-state index in [1.807, 2.05) is 16.8 Å². The van der Waals surface area contributed by atoms with E-state index in [1.165, 1.54) is 0 Å². The van der Waals surface area contributed by atoms with Crippen molar-refractivity contribution in [1.29, 1.82) is 0 Å². The molecule has 0 unspecified atom stereocenters. The Morgan fingerprint density at radius 2 is 2.12 bits per heavy atom. The normalized spacial score (nSPS) is 12.0. The van der Waals surface area contributed by atoms with Gasteiger partial charge in [0.15, 0.2) is 5.75 Å². The number of aromatic nitrogens is 2. The largest absolute Gasteiger partial charge is 0.494 e. The second-order valence-corrected chi connectivity index (χ2v) is 6.49. The van der Waals surface area contributed by atoms with Crippen molar-refractivity contribution < 1.29 is 4.74 Å². The molecule has 0 amide bonds. The zero-order chi connectivity index (χ0) is 11.8. The van der Waals surface area contributed by atoms with Gasteiger partial charge >= 0.3 is 0 Å².